The first-order valence-corrected chi connectivity index (χ1v) is 4.79. The van der Waals surface area contributed by atoms with Crippen LogP contribution in [0.25, 0.3) is 0 Å². The largest absolute Gasteiger partial charge is 0.453 e. The van der Waals surface area contributed by atoms with Crippen LogP contribution in [0.1, 0.15) is 18.5 Å². The Hall–Kier alpha value is -1.55. The van der Waals surface area contributed by atoms with Gasteiger partial charge in [0, 0.05) is 11.7 Å². The van der Waals surface area contributed by atoms with E-state index in [4.69, 9.17) is 0 Å². The van der Waals surface area contributed by atoms with Crippen molar-refractivity contribution in [1.82, 2.24) is 5.32 Å². The SMILES string of the molecule is CNC(C)c1cccc(NC(=O)OC)c1. The Balaban J connectivity index is 2.78. The number of amides is 1. The highest BCUT2D eigenvalue weighted by molar-refractivity contribution is 5.84. The van der Waals surface area contributed by atoms with Crippen molar-refractivity contribution < 1.29 is 9.53 Å². The van der Waals surface area contributed by atoms with E-state index in [2.05, 4.69) is 22.3 Å². The lowest BCUT2D eigenvalue weighted by Crippen LogP contribution is -2.14. The van der Waals surface area contributed by atoms with Crippen LogP contribution in [-0.2, 0) is 4.74 Å². The van der Waals surface area contributed by atoms with Crippen molar-refractivity contribution >= 4 is 11.8 Å². The van der Waals surface area contributed by atoms with Gasteiger partial charge in [0.05, 0.1) is 7.11 Å². The second-order valence-corrected chi connectivity index (χ2v) is 3.25. The lowest BCUT2D eigenvalue weighted by molar-refractivity contribution is 0.187. The molecular weight excluding hydrogens is 192 g/mol. The Morgan fingerprint density at radius 3 is 2.80 bits per heavy atom. The smallest absolute Gasteiger partial charge is 0.411 e. The molecule has 1 aromatic rings. The molecule has 0 aromatic heterocycles. The molecule has 0 saturated carbocycles. The quantitative estimate of drug-likeness (QED) is 0.800. The summed E-state index contributed by atoms with van der Waals surface area (Å²) in [5.41, 5.74) is 1.85. The van der Waals surface area contributed by atoms with Gasteiger partial charge in [0.2, 0.25) is 0 Å². The van der Waals surface area contributed by atoms with Crippen molar-refractivity contribution in [2.24, 2.45) is 0 Å². The number of anilines is 1. The zero-order valence-corrected chi connectivity index (χ0v) is 9.20. The number of methoxy groups -OCH3 is 1. The summed E-state index contributed by atoms with van der Waals surface area (Å²) in [5.74, 6) is 0. The van der Waals surface area contributed by atoms with Gasteiger partial charge in [0.1, 0.15) is 0 Å². The van der Waals surface area contributed by atoms with E-state index in [1.165, 1.54) is 7.11 Å². The minimum absolute atomic E-state index is 0.254. The fourth-order valence-electron chi connectivity index (χ4n) is 1.22. The van der Waals surface area contributed by atoms with E-state index in [0.717, 1.165) is 11.3 Å². The van der Waals surface area contributed by atoms with Crippen LogP contribution >= 0.6 is 0 Å². The Kier molecular flexibility index (Phi) is 4.12. The molecule has 0 heterocycles. The maximum atomic E-state index is 11.0. The highest BCUT2D eigenvalue weighted by Crippen LogP contribution is 2.16. The van der Waals surface area contributed by atoms with Gasteiger partial charge < -0.3 is 10.1 Å². The lowest BCUT2D eigenvalue weighted by Gasteiger charge is -2.12. The van der Waals surface area contributed by atoms with Gasteiger partial charge in [0.25, 0.3) is 0 Å². The molecule has 0 aliphatic heterocycles. The third-order valence-electron chi connectivity index (χ3n) is 2.25. The Labute approximate surface area is 89.6 Å². The zero-order valence-electron chi connectivity index (χ0n) is 9.20. The summed E-state index contributed by atoms with van der Waals surface area (Å²) in [5, 5.41) is 5.75. The number of benzene rings is 1. The average molecular weight is 208 g/mol. The highest BCUT2D eigenvalue weighted by Gasteiger charge is 2.04. The van der Waals surface area contributed by atoms with Gasteiger partial charge in [-0.1, -0.05) is 12.1 Å². The van der Waals surface area contributed by atoms with E-state index in [0.29, 0.717) is 0 Å². The first-order chi connectivity index (χ1) is 7.17. The molecule has 4 nitrogen and oxygen atoms in total. The van der Waals surface area contributed by atoms with Crippen LogP contribution in [0.4, 0.5) is 10.5 Å². The van der Waals surface area contributed by atoms with Crippen molar-refractivity contribution in [2.45, 2.75) is 13.0 Å². The molecule has 0 bridgehead atoms. The number of hydrogen-bond donors (Lipinski definition) is 2. The fraction of sp³-hybridized carbons (Fsp3) is 0.364. The molecule has 4 heteroatoms. The molecule has 1 rings (SSSR count). The summed E-state index contributed by atoms with van der Waals surface area (Å²) < 4.78 is 4.52. The van der Waals surface area contributed by atoms with E-state index in [1.54, 1.807) is 0 Å². The van der Waals surface area contributed by atoms with Crippen molar-refractivity contribution in [2.75, 3.05) is 19.5 Å². The van der Waals surface area contributed by atoms with Crippen LogP contribution < -0.4 is 10.6 Å². The summed E-state index contributed by atoms with van der Waals surface area (Å²) in [6, 6.07) is 7.89. The Morgan fingerprint density at radius 1 is 1.47 bits per heavy atom. The zero-order chi connectivity index (χ0) is 11.3. The van der Waals surface area contributed by atoms with Crippen LogP contribution in [0.2, 0.25) is 0 Å². The molecule has 0 aliphatic rings. The molecule has 0 fully saturated rings. The van der Waals surface area contributed by atoms with Gasteiger partial charge in [0.15, 0.2) is 0 Å². The number of rotatable bonds is 3. The van der Waals surface area contributed by atoms with Gasteiger partial charge in [-0.3, -0.25) is 5.32 Å². The van der Waals surface area contributed by atoms with Gasteiger partial charge >= 0.3 is 6.09 Å². The van der Waals surface area contributed by atoms with Crippen LogP contribution in [0.3, 0.4) is 0 Å². The molecule has 2 N–H and O–H groups in total. The number of ether oxygens (including phenoxy) is 1. The molecule has 0 aliphatic carbocycles. The molecule has 0 spiro atoms. The van der Waals surface area contributed by atoms with E-state index in [-0.39, 0.29) is 6.04 Å². The predicted molar refractivity (Wildman–Crippen MR) is 59.9 cm³/mol. The maximum Gasteiger partial charge on any atom is 0.411 e. The maximum absolute atomic E-state index is 11.0. The van der Waals surface area contributed by atoms with E-state index >= 15 is 0 Å². The van der Waals surface area contributed by atoms with Crippen molar-refractivity contribution in [3.05, 3.63) is 29.8 Å². The van der Waals surface area contributed by atoms with E-state index in [1.807, 2.05) is 31.3 Å². The fourth-order valence-corrected chi connectivity index (χ4v) is 1.22. The predicted octanol–water partition coefficient (Wildman–Crippen LogP) is 2.15. The van der Waals surface area contributed by atoms with Gasteiger partial charge in [-0.05, 0) is 31.7 Å². The molecule has 1 aromatic carbocycles. The highest BCUT2D eigenvalue weighted by atomic mass is 16.5. The van der Waals surface area contributed by atoms with Gasteiger partial charge in [-0.25, -0.2) is 4.79 Å². The first kappa shape index (κ1) is 11.5. The van der Waals surface area contributed by atoms with E-state index in [9.17, 15) is 4.79 Å². The molecule has 1 unspecified atom stereocenters. The molecular formula is C11H16N2O2. The normalized spacial score (nSPS) is 11.9. The molecule has 0 radical (unpaired) electrons. The van der Waals surface area contributed by atoms with Crippen LogP contribution in [0.15, 0.2) is 24.3 Å². The molecule has 1 amide bonds. The number of nitrogens with one attached hydrogen (secondary N) is 2. The van der Waals surface area contributed by atoms with Gasteiger partial charge in [-0.15, -0.1) is 0 Å². The average Bonchev–Trinajstić information content (AvgIpc) is 2.28. The van der Waals surface area contributed by atoms with Crippen LogP contribution in [-0.4, -0.2) is 20.3 Å². The van der Waals surface area contributed by atoms with Gasteiger partial charge in [-0.2, -0.15) is 0 Å². The number of carbonyl (C=O) groups is 1. The van der Waals surface area contributed by atoms with Crippen LogP contribution in [0, 0.1) is 0 Å². The van der Waals surface area contributed by atoms with Crippen molar-refractivity contribution in [3.63, 3.8) is 0 Å². The molecule has 15 heavy (non-hydrogen) atoms. The molecule has 0 saturated heterocycles. The Morgan fingerprint density at radius 2 is 2.20 bits per heavy atom. The summed E-state index contributed by atoms with van der Waals surface area (Å²) in [7, 11) is 3.24. The van der Waals surface area contributed by atoms with E-state index < -0.39 is 6.09 Å². The monoisotopic (exact) mass is 208 g/mol. The summed E-state index contributed by atoms with van der Waals surface area (Å²) >= 11 is 0. The lowest BCUT2D eigenvalue weighted by atomic mass is 10.1. The summed E-state index contributed by atoms with van der Waals surface area (Å²) in [4.78, 5) is 11.0. The second-order valence-electron chi connectivity index (χ2n) is 3.25. The third-order valence-corrected chi connectivity index (χ3v) is 2.25. The van der Waals surface area contributed by atoms with Crippen molar-refractivity contribution in [3.8, 4) is 0 Å². The summed E-state index contributed by atoms with van der Waals surface area (Å²) in [6.07, 6.45) is -0.454. The standard InChI is InChI=1S/C11H16N2O2/c1-8(12-2)9-5-4-6-10(7-9)13-11(14)15-3/h4-8,12H,1-3H3,(H,13,14). The van der Waals surface area contributed by atoms with Crippen molar-refractivity contribution in [1.29, 1.82) is 0 Å². The minimum Gasteiger partial charge on any atom is -0.453 e. The summed E-state index contributed by atoms with van der Waals surface area (Å²) in [6.45, 7) is 2.05. The first-order valence-electron chi connectivity index (χ1n) is 4.79. The Bertz CT molecular complexity index is 339. The third kappa shape index (κ3) is 3.25. The molecule has 82 valence electrons. The topological polar surface area (TPSA) is 50.4 Å². The molecule has 1 atom stereocenters. The number of hydrogen-bond acceptors (Lipinski definition) is 3. The minimum atomic E-state index is -0.454. The number of carbonyl (C=O) groups excluding carboxylic acids is 1. The second kappa shape index (κ2) is 5.36. The van der Waals surface area contributed by atoms with Crippen LogP contribution in [0.5, 0.6) is 0 Å².